The van der Waals surface area contributed by atoms with E-state index in [4.69, 9.17) is 0 Å². The first kappa shape index (κ1) is 20.5. The summed E-state index contributed by atoms with van der Waals surface area (Å²) in [4.78, 5) is 23.2. The predicted octanol–water partition coefficient (Wildman–Crippen LogP) is 3.97. The maximum Gasteiger partial charge on any atom is 0.271 e. The van der Waals surface area contributed by atoms with E-state index in [1.807, 2.05) is 41.8 Å². The minimum Gasteiger partial charge on any atom is -0.325 e. The Bertz CT molecular complexity index is 1040. The van der Waals surface area contributed by atoms with E-state index in [2.05, 4.69) is 15.5 Å². The average Bonchev–Trinajstić information content (AvgIpc) is 3.03. The number of hydrogen-bond acceptors (Lipinski definition) is 6. The minimum absolute atomic E-state index is 0.0653. The summed E-state index contributed by atoms with van der Waals surface area (Å²) in [5.41, 5.74) is 2.23. The Balaban J connectivity index is 1.72. The molecule has 8 nitrogen and oxygen atoms in total. The van der Waals surface area contributed by atoms with E-state index >= 15 is 0 Å². The molecule has 0 spiro atoms. The largest absolute Gasteiger partial charge is 0.325 e. The second kappa shape index (κ2) is 8.87. The van der Waals surface area contributed by atoms with Crippen LogP contribution in [-0.2, 0) is 11.3 Å². The van der Waals surface area contributed by atoms with Crippen molar-refractivity contribution in [3.8, 4) is 0 Å². The van der Waals surface area contributed by atoms with E-state index in [1.165, 1.54) is 23.9 Å². The van der Waals surface area contributed by atoms with Crippen molar-refractivity contribution in [2.45, 2.75) is 37.7 Å². The summed E-state index contributed by atoms with van der Waals surface area (Å²) in [6.07, 6.45) is 0. The van der Waals surface area contributed by atoms with Gasteiger partial charge in [0.25, 0.3) is 5.69 Å². The molecule has 0 aliphatic rings. The van der Waals surface area contributed by atoms with Crippen molar-refractivity contribution in [2.75, 3.05) is 5.32 Å². The molecule has 0 aliphatic carbocycles. The van der Waals surface area contributed by atoms with Gasteiger partial charge in [0.15, 0.2) is 5.16 Å². The molecule has 1 N–H and O–H groups in total. The Morgan fingerprint density at radius 2 is 1.93 bits per heavy atom. The summed E-state index contributed by atoms with van der Waals surface area (Å²) < 4.78 is 1.96. The van der Waals surface area contributed by atoms with Crippen LogP contribution in [0.5, 0.6) is 0 Å². The van der Waals surface area contributed by atoms with Crippen LogP contribution in [0.3, 0.4) is 0 Å². The van der Waals surface area contributed by atoms with Crippen molar-refractivity contribution < 1.29 is 9.72 Å². The number of nitrogens with one attached hydrogen (secondary N) is 1. The van der Waals surface area contributed by atoms with Crippen LogP contribution in [-0.4, -0.2) is 30.8 Å². The molecule has 1 amide bonds. The van der Waals surface area contributed by atoms with Crippen LogP contribution >= 0.6 is 11.8 Å². The molecule has 0 saturated carbocycles. The van der Waals surface area contributed by atoms with Gasteiger partial charge in [-0.25, -0.2) is 0 Å². The predicted molar refractivity (Wildman–Crippen MR) is 112 cm³/mol. The molecule has 9 heteroatoms. The molecular formula is C20H21N5O3S. The number of aromatic nitrogens is 3. The van der Waals surface area contributed by atoms with Gasteiger partial charge in [-0.3, -0.25) is 14.9 Å². The average molecular weight is 411 g/mol. The lowest BCUT2D eigenvalue weighted by atomic mass is 10.2. The normalized spacial score (nSPS) is 11.8. The van der Waals surface area contributed by atoms with Gasteiger partial charge in [-0.2, -0.15) is 0 Å². The van der Waals surface area contributed by atoms with Crippen LogP contribution in [0.1, 0.15) is 23.9 Å². The minimum atomic E-state index is -0.484. The highest BCUT2D eigenvalue weighted by molar-refractivity contribution is 8.00. The molecule has 1 heterocycles. The Kier molecular flexibility index (Phi) is 6.28. The number of nitro groups is 1. The Hall–Kier alpha value is -3.20. The molecule has 0 fully saturated rings. The maximum atomic E-state index is 12.7. The fourth-order valence-corrected chi connectivity index (χ4v) is 3.60. The maximum absolute atomic E-state index is 12.7. The summed E-state index contributed by atoms with van der Waals surface area (Å²) in [7, 11) is 0. The van der Waals surface area contributed by atoms with Gasteiger partial charge in [-0.05, 0) is 31.9 Å². The topological polar surface area (TPSA) is 103 Å². The molecule has 150 valence electrons. The van der Waals surface area contributed by atoms with E-state index in [9.17, 15) is 14.9 Å². The van der Waals surface area contributed by atoms with Crippen LogP contribution in [0, 0.1) is 24.0 Å². The lowest BCUT2D eigenvalue weighted by Crippen LogP contribution is -2.23. The van der Waals surface area contributed by atoms with E-state index in [0.29, 0.717) is 17.4 Å². The second-order valence-electron chi connectivity index (χ2n) is 6.61. The summed E-state index contributed by atoms with van der Waals surface area (Å²) in [6.45, 7) is 6.04. The van der Waals surface area contributed by atoms with Gasteiger partial charge in [0.05, 0.1) is 22.4 Å². The zero-order valence-corrected chi connectivity index (χ0v) is 17.1. The molecule has 29 heavy (non-hydrogen) atoms. The van der Waals surface area contributed by atoms with Gasteiger partial charge in [-0.15, -0.1) is 10.2 Å². The highest BCUT2D eigenvalue weighted by Gasteiger charge is 2.21. The number of non-ortho nitro benzene ring substituents is 1. The number of aryl methyl sites for hydroxylation is 2. The summed E-state index contributed by atoms with van der Waals surface area (Å²) in [6, 6.07) is 14.3. The zero-order chi connectivity index (χ0) is 21.0. The monoisotopic (exact) mass is 411 g/mol. The van der Waals surface area contributed by atoms with Gasteiger partial charge >= 0.3 is 0 Å². The summed E-state index contributed by atoms with van der Waals surface area (Å²) in [5.74, 6) is 0.504. The fourth-order valence-electron chi connectivity index (χ4n) is 2.70. The van der Waals surface area contributed by atoms with Gasteiger partial charge < -0.3 is 9.88 Å². The quantitative estimate of drug-likeness (QED) is 0.358. The number of carbonyl (C=O) groups is 1. The number of nitrogens with zero attached hydrogens (tertiary/aromatic N) is 4. The third-order valence-corrected chi connectivity index (χ3v) is 5.51. The summed E-state index contributed by atoms with van der Waals surface area (Å²) >= 11 is 1.30. The highest BCUT2D eigenvalue weighted by Crippen LogP contribution is 2.26. The first-order valence-corrected chi connectivity index (χ1v) is 9.89. The number of rotatable bonds is 7. The molecule has 0 radical (unpaired) electrons. The van der Waals surface area contributed by atoms with E-state index in [1.54, 1.807) is 19.9 Å². The molecule has 2 aromatic carbocycles. The van der Waals surface area contributed by atoms with Crippen molar-refractivity contribution in [1.82, 2.24) is 14.8 Å². The first-order chi connectivity index (χ1) is 13.8. The molecular weight excluding hydrogens is 390 g/mol. The smallest absolute Gasteiger partial charge is 0.271 e. The van der Waals surface area contributed by atoms with Crippen LogP contribution in [0.4, 0.5) is 11.4 Å². The Morgan fingerprint density at radius 3 is 2.62 bits per heavy atom. The van der Waals surface area contributed by atoms with Crippen LogP contribution in [0.2, 0.25) is 0 Å². The van der Waals surface area contributed by atoms with E-state index < -0.39 is 10.2 Å². The van der Waals surface area contributed by atoms with Gasteiger partial charge in [0.1, 0.15) is 5.82 Å². The lowest BCUT2D eigenvalue weighted by Gasteiger charge is -2.14. The molecule has 0 saturated heterocycles. The molecule has 0 bridgehead atoms. The van der Waals surface area contributed by atoms with Gasteiger partial charge in [-0.1, -0.05) is 48.2 Å². The number of anilines is 1. The fraction of sp³-hybridized carbons (Fsp3) is 0.250. The number of benzene rings is 2. The number of nitro benzene ring substituents is 1. The third-order valence-electron chi connectivity index (χ3n) is 4.43. The lowest BCUT2D eigenvalue weighted by molar-refractivity contribution is -0.384. The number of carbonyl (C=O) groups excluding carboxylic acids is 1. The SMILES string of the molecule is Cc1ccc([N+](=O)[O-])cc1NC(=O)[C@H](C)Sc1nnc(C)n1Cc1ccccc1. The Labute approximate surface area is 172 Å². The van der Waals surface area contributed by atoms with E-state index in [-0.39, 0.29) is 11.6 Å². The van der Waals surface area contributed by atoms with Crippen molar-refractivity contribution in [1.29, 1.82) is 0 Å². The molecule has 1 atom stereocenters. The molecule has 3 rings (SSSR count). The van der Waals surface area contributed by atoms with Crippen molar-refractivity contribution in [2.24, 2.45) is 0 Å². The van der Waals surface area contributed by atoms with Crippen LogP contribution < -0.4 is 5.32 Å². The highest BCUT2D eigenvalue weighted by atomic mass is 32.2. The van der Waals surface area contributed by atoms with Crippen molar-refractivity contribution in [3.05, 3.63) is 75.6 Å². The van der Waals surface area contributed by atoms with Gasteiger partial charge in [0.2, 0.25) is 5.91 Å². The van der Waals surface area contributed by atoms with Crippen LogP contribution in [0.15, 0.2) is 53.7 Å². The number of thioether (sulfide) groups is 1. The third kappa shape index (κ3) is 5.00. The standard InChI is InChI=1S/C20H21N5O3S/c1-13-9-10-17(25(27)28)11-18(13)21-19(26)14(2)29-20-23-22-15(3)24(20)12-16-7-5-4-6-8-16/h4-11,14H,12H2,1-3H3,(H,21,26)/t14-/m0/s1. The summed E-state index contributed by atoms with van der Waals surface area (Å²) in [5, 5.41) is 22.3. The number of amides is 1. The molecule has 0 unspecified atom stereocenters. The Morgan fingerprint density at radius 1 is 1.21 bits per heavy atom. The number of hydrogen-bond donors (Lipinski definition) is 1. The van der Waals surface area contributed by atoms with Crippen molar-refractivity contribution in [3.63, 3.8) is 0 Å². The zero-order valence-electron chi connectivity index (χ0n) is 16.3. The van der Waals surface area contributed by atoms with Gasteiger partial charge in [0, 0.05) is 12.1 Å². The molecule has 1 aromatic heterocycles. The second-order valence-corrected chi connectivity index (χ2v) is 7.92. The van der Waals surface area contributed by atoms with Crippen molar-refractivity contribution >= 4 is 29.0 Å². The molecule has 0 aliphatic heterocycles. The first-order valence-electron chi connectivity index (χ1n) is 9.01. The molecule has 3 aromatic rings. The van der Waals surface area contributed by atoms with E-state index in [0.717, 1.165) is 17.0 Å². The van der Waals surface area contributed by atoms with Crippen LogP contribution in [0.25, 0.3) is 0 Å².